The number of halogens is 1. The van der Waals surface area contributed by atoms with Gasteiger partial charge in [-0.3, -0.25) is 4.79 Å². The van der Waals surface area contributed by atoms with Gasteiger partial charge in [-0.2, -0.15) is 0 Å². The van der Waals surface area contributed by atoms with E-state index in [0.29, 0.717) is 23.6 Å². The first-order valence-electron chi connectivity index (χ1n) is 5.72. The van der Waals surface area contributed by atoms with Crippen LogP contribution in [0.25, 0.3) is 0 Å². The average molecular weight is 256 g/mol. The van der Waals surface area contributed by atoms with Gasteiger partial charge >= 0.3 is 0 Å². The van der Waals surface area contributed by atoms with Gasteiger partial charge in [0.25, 0.3) is 5.91 Å². The number of aliphatic hydroxyl groups is 1. The van der Waals surface area contributed by atoms with Crippen molar-refractivity contribution in [2.75, 3.05) is 6.54 Å². The first-order chi connectivity index (χ1) is 7.99. The van der Waals surface area contributed by atoms with Crippen molar-refractivity contribution in [2.45, 2.75) is 32.8 Å². The third kappa shape index (κ3) is 5.20. The molecule has 17 heavy (non-hydrogen) atoms. The van der Waals surface area contributed by atoms with E-state index >= 15 is 0 Å². The van der Waals surface area contributed by atoms with Crippen molar-refractivity contribution < 1.29 is 9.90 Å². The third-order valence-corrected chi connectivity index (χ3v) is 2.61. The van der Waals surface area contributed by atoms with Crippen LogP contribution in [0, 0.1) is 6.92 Å². The van der Waals surface area contributed by atoms with Gasteiger partial charge in [-0.15, -0.1) is 0 Å². The number of carbonyl (C=O) groups is 1. The Morgan fingerprint density at radius 3 is 2.76 bits per heavy atom. The van der Waals surface area contributed by atoms with Gasteiger partial charge in [0.15, 0.2) is 0 Å². The number of nitrogens with one attached hydrogen (secondary N) is 1. The van der Waals surface area contributed by atoms with E-state index in [1.807, 2.05) is 13.0 Å². The summed E-state index contributed by atoms with van der Waals surface area (Å²) in [5.41, 5.74) is 1.54. The normalized spacial score (nSPS) is 12.2. The molecule has 1 aromatic rings. The van der Waals surface area contributed by atoms with E-state index in [2.05, 4.69) is 5.32 Å². The first-order valence-corrected chi connectivity index (χ1v) is 6.10. The number of hydrogen-bond donors (Lipinski definition) is 2. The molecule has 0 radical (unpaired) electrons. The Kier molecular flexibility index (Phi) is 5.45. The lowest BCUT2D eigenvalue weighted by molar-refractivity contribution is 0.0949. The van der Waals surface area contributed by atoms with Gasteiger partial charge in [0.2, 0.25) is 0 Å². The molecule has 4 heteroatoms. The summed E-state index contributed by atoms with van der Waals surface area (Å²) in [6, 6.07) is 5.26. The highest BCUT2D eigenvalue weighted by atomic mass is 35.5. The van der Waals surface area contributed by atoms with Crippen LogP contribution in [-0.4, -0.2) is 23.7 Å². The second-order valence-electron chi connectivity index (χ2n) is 4.26. The minimum atomic E-state index is -0.319. The van der Waals surface area contributed by atoms with Crippen LogP contribution in [0.1, 0.15) is 35.7 Å². The molecular weight excluding hydrogens is 238 g/mol. The van der Waals surface area contributed by atoms with E-state index in [0.717, 1.165) is 12.0 Å². The minimum Gasteiger partial charge on any atom is -0.393 e. The van der Waals surface area contributed by atoms with Gasteiger partial charge in [0, 0.05) is 17.1 Å². The molecule has 1 amide bonds. The number of benzene rings is 1. The Labute approximate surface area is 107 Å². The smallest absolute Gasteiger partial charge is 0.251 e. The summed E-state index contributed by atoms with van der Waals surface area (Å²) in [7, 11) is 0. The van der Waals surface area contributed by atoms with Crippen molar-refractivity contribution in [3.05, 3.63) is 34.3 Å². The highest BCUT2D eigenvalue weighted by molar-refractivity contribution is 6.31. The summed E-state index contributed by atoms with van der Waals surface area (Å²) in [6.07, 6.45) is 1.14. The first kappa shape index (κ1) is 14.0. The molecule has 0 spiro atoms. The van der Waals surface area contributed by atoms with E-state index in [1.54, 1.807) is 19.1 Å². The molecule has 0 saturated heterocycles. The van der Waals surface area contributed by atoms with Gasteiger partial charge in [0.05, 0.1) is 6.10 Å². The number of aliphatic hydroxyl groups excluding tert-OH is 1. The van der Waals surface area contributed by atoms with E-state index in [9.17, 15) is 4.79 Å². The van der Waals surface area contributed by atoms with Crippen LogP contribution < -0.4 is 5.32 Å². The Morgan fingerprint density at radius 2 is 2.18 bits per heavy atom. The molecule has 94 valence electrons. The zero-order chi connectivity index (χ0) is 12.8. The Balaban J connectivity index is 2.47. The summed E-state index contributed by atoms with van der Waals surface area (Å²) in [5.74, 6) is -0.124. The van der Waals surface area contributed by atoms with E-state index in [-0.39, 0.29) is 12.0 Å². The lowest BCUT2D eigenvalue weighted by Crippen LogP contribution is -2.25. The van der Waals surface area contributed by atoms with E-state index in [4.69, 9.17) is 16.7 Å². The molecular formula is C13H18ClNO2. The Hall–Kier alpha value is -1.06. The second kappa shape index (κ2) is 6.62. The lowest BCUT2D eigenvalue weighted by Gasteiger charge is -2.07. The molecule has 1 atom stereocenters. The summed E-state index contributed by atoms with van der Waals surface area (Å²) in [6.45, 7) is 4.20. The Bertz CT molecular complexity index is 371. The average Bonchev–Trinajstić information content (AvgIpc) is 2.22. The number of amides is 1. The molecule has 0 aliphatic rings. The fourth-order valence-corrected chi connectivity index (χ4v) is 1.86. The zero-order valence-electron chi connectivity index (χ0n) is 10.2. The van der Waals surface area contributed by atoms with Crippen LogP contribution in [0.2, 0.25) is 5.02 Å². The summed E-state index contributed by atoms with van der Waals surface area (Å²) < 4.78 is 0. The molecule has 0 aliphatic heterocycles. The van der Waals surface area contributed by atoms with Gasteiger partial charge in [-0.25, -0.2) is 0 Å². The third-order valence-electron chi connectivity index (χ3n) is 2.39. The summed E-state index contributed by atoms with van der Waals surface area (Å²) in [5, 5.41) is 12.4. The molecule has 1 aromatic carbocycles. The van der Waals surface area contributed by atoms with E-state index < -0.39 is 0 Å². The fraction of sp³-hybridized carbons (Fsp3) is 0.462. The monoisotopic (exact) mass is 255 g/mol. The van der Waals surface area contributed by atoms with Gasteiger partial charge in [-0.1, -0.05) is 11.6 Å². The maximum atomic E-state index is 11.8. The molecule has 1 rings (SSSR count). The predicted octanol–water partition coefficient (Wildman–Crippen LogP) is 2.54. The lowest BCUT2D eigenvalue weighted by atomic mass is 10.1. The van der Waals surface area contributed by atoms with Crippen LogP contribution in [0.5, 0.6) is 0 Å². The topological polar surface area (TPSA) is 49.3 Å². The van der Waals surface area contributed by atoms with E-state index in [1.165, 1.54) is 0 Å². The number of hydrogen-bond acceptors (Lipinski definition) is 2. The second-order valence-corrected chi connectivity index (χ2v) is 4.70. The quantitative estimate of drug-likeness (QED) is 0.795. The molecule has 0 aliphatic carbocycles. The fourth-order valence-electron chi connectivity index (χ4n) is 1.57. The van der Waals surface area contributed by atoms with Crippen molar-refractivity contribution in [1.29, 1.82) is 0 Å². The Morgan fingerprint density at radius 1 is 1.47 bits per heavy atom. The largest absolute Gasteiger partial charge is 0.393 e. The van der Waals surface area contributed by atoms with Crippen molar-refractivity contribution in [2.24, 2.45) is 0 Å². The predicted molar refractivity (Wildman–Crippen MR) is 69.4 cm³/mol. The van der Waals surface area contributed by atoms with Gasteiger partial charge in [0.1, 0.15) is 0 Å². The molecule has 0 aromatic heterocycles. The summed E-state index contributed by atoms with van der Waals surface area (Å²) >= 11 is 5.88. The highest BCUT2D eigenvalue weighted by Crippen LogP contribution is 2.14. The number of rotatable bonds is 5. The van der Waals surface area contributed by atoms with Crippen LogP contribution in [0.3, 0.4) is 0 Å². The van der Waals surface area contributed by atoms with Crippen molar-refractivity contribution in [1.82, 2.24) is 5.32 Å². The maximum Gasteiger partial charge on any atom is 0.251 e. The molecule has 1 unspecified atom stereocenters. The van der Waals surface area contributed by atoms with Crippen molar-refractivity contribution in [3.63, 3.8) is 0 Å². The van der Waals surface area contributed by atoms with Crippen LogP contribution in [0.15, 0.2) is 18.2 Å². The minimum absolute atomic E-state index is 0.124. The maximum absolute atomic E-state index is 11.8. The molecule has 2 N–H and O–H groups in total. The van der Waals surface area contributed by atoms with Gasteiger partial charge in [-0.05, 0) is 50.5 Å². The molecule has 3 nitrogen and oxygen atoms in total. The SMILES string of the molecule is Cc1cc(Cl)cc(C(=O)NCCCC(C)O)c1. The van der Waals surface area contributed by atoms with Crippen LogP contribution in [-0.2, 0) is 0 Å². The van der Waals surface area contributed by atoms with Crippen molar-refractivity contribution >= 4 is 17.5 Å². The zero-order valence-corrected chi connectivity index (χ0v) is 10.9. The molecule has 0 heterocycles. The molecule has 0 saturated carbocycles. The standard InChI is InChI=1S/C13H18ClNO2/c1-9-6-11(8-12(14)7-9)13(17)15-5-3-4-10(2)16/h6-8,10,16H,3-5H2,1-2H3,(H,15,17). The number of aryl methyl sites for hydroxylation is 1. The highest BCUT2D eigenvalue weighted by Gasteiger charge is 2.06. The molecule has 0 fully saturated rings. The van der Waals surface area contributed by atoms with Crippen molar-refractivity contribution in [3.8, 4) is 0 Å². The van der Waals surface area contributed by atoms with Crippen LogP contribution in [0.4, 0.5) is 0 Å². The van der Waals surface area contributed by atoms with Crippen LogP contribution >= 0.6 is 11.6 Å². The summed E-state index contributed by atoms with van der Waals surface area (Å²) in [4.78, 5) is 11.8. The van der Waals surface area contributed by atoms with Gasteiger partial charge < -0.3 is 10.4 Å². The molecule has 0 bridgehead atoms. The number of carbonyl (C=O) groups excluding carboxylic acids is 1.